The molecule has 0 spiro atoms. The van der Waals surface area contributed by atoms with Crippen LogP contribution in [0.3, 0.4) is 0 Å². The van der Waals surface area contributed by atoms with Crippen LogP contribution in [-0.4, -0.2) is 47.1 Å². The number of methoxy groups -OCH3 is 1. The maximum atomic E-state index is 13.3. The maximum absolute atomic E-state index is 13.3. The number of carbonyl (C=O) groups is 2. The minimum absolute atomic E-state index is 0.0163. The van der Waals surface area contributed by atoms with Crippen LogP contribution >= 0.6 is 0 Å². The first-order valence-electron chi connectivity index (χ1n) is 9.36. The molecule has 148 valence electrons. The Kier molecular flexibility index (Phi) is 6.25. The molecule has 2 aromatic carbocycles. The van der Waals surface area contributed by atoms with E-state index in [0.717, 1.165) is 5.56 Å². The molecule has 6 heteroatoms. The van der Waals surface area contributed by atoms with Crippen LogP contribution in [-0.2, 0) is 20.4 Å². The quantitative estimate of drug-likeness (QED) is 0.361. The van der Waals surface area contributed by atoms with Gasteiger partial charge in [-0.3, -0.25) is 0 Å². The molecule has 2 atom stereocenters. The predicted octanol–water partition coefficient (Wildman–Crippen LogP) is 3.18. The van der Waals surface area contributed by atoms with Gasteiger partial charge in [0.05, 0.1) is 0 Å². The monoisotopic (exact) mass is 462 g/mol. The van der Waals surface area contributed by atoms with E-state index in [1.54, 1.807) is 6.07 Å². The molecule has 2 aromatic rings. The van der Waals surface area contributed by atoms with Crippen molar-refractivity contribution in [2.45, 2.75) is 37.5 Å². The summed E-state index contributed by atoms with van der Waals surface area (Å²) in [5.41, 5.74) is 0.350. The Bertz CT molecular complexity index is 862. The first kappa shape index (κ1) is 21.0. The number of Topliss-reactive ketones (excluding diaryl/α,β-unsaturated/α-hetero) is 1. The van der Waals surface area contributed by atoms with E-state index < -0.39 is 19.7 Å². The van der Waals surface area contributed by atoms with Crippen molar-refractivity contribution in [2.24, 2.45) is 5.41 Å². The molecule has 0 saturated carbocycles. The first-order valence-corrected chi connectivity index (χ1v) is 14.6. The summed E-state index contributed by atoms with van der Waals surface area (Å²) in [6.45, 7) is 6.41. The molecule has 0 radical (unpaired) electrons. The van der Waals surface area contributed by atoms with Crippen LogP contribution in [0.15, 0.2) is 54.6 Å². The molecule has 28 heavy (non-hydrogen) atoms. The van der Waals surface area contributed by atoms with E-state index in [1.807, 2.05) is 36.4 Å². The molecule has 0 amide bonds. The van der Waals surface area contributed by atoms with E-state index in [4.69, 9.17) is 9.16 Å². The van der Waals surface area contributed by atoms with Crippen molar-refractivity contribution in [1.82, 2.24) is 0 Å². The van der Waals surface area contributed by atoms with Crippen molar-refractivity contribution < 1.29 is 18.8 Å². The van der Waals surface area contributed by atoms with Crippen LogP contribution in [0, 0.1) is 5.41 Å². The summed E-state index contributed by atoms with van der Waals surface area (Å²) < 4.78 is 12.8. The van der Waals surface area contributed by atoms with Crippen molar-refractivity contribution in [1.29, 1.82) is 0 Å². The van der Waals surface area contributed by atoms with Crippen molar-refractivity contribution >= 4 is 39.5 Å². The molecule has 0 fully saturated rings. The zero-order chi connectivity index (χ0) is 20.4. The van der Waals surface area contributed by atoms with Gasteiger partial charge < -0.3 is 0 Å². The number of esters is 1. The third kappa shape index (κ3) is 4.46. The van der Waals surface area contributed by atoms with Crippen LogP contribution in [0.4, 0.5) is 0 Å². The van der Waals surface area contributed by atoms with E-state index in [0.29, 0.717) is 18.4 Å². The van der Waals surface area contributed by atoms with Gasteiger partial charge in [0.15, 0.2) is 0 Å². The fourth-order valence-electron chi connectivity index (χ4n) is 3.60. The predicted molar refractivity (Wildman–Crippen MR) is 114 cm³/mol. The summed E-state index contributed by atoms with van der Waals surface area (Å²) >= 11 is -0.0163. The van der Waals surface area contributed by atoms with Crippen LogP contribution < -0.4 is 4.46 Å². The molecule has 0 aliphatic heterocycles. The Morgan fingerprint density at radius 1 is 1.11 bits per heavy atom. The third-order valence-electron chi connectivity index (χ3n) is 4.78. The van der Waals surface area contributed by atoms with Gasteiger partial charge in [-0.1, -0.05) is 0 Å². The summed E-state index contributed by atoms with van der Waals surface area (Å²) in [6.07, 6.45) is 0.734. The summed E-state index contributed by atoms with van der Waals surface area (Å²) in [4.78, 5) is 26.2. The molecule has 1 aliphatic carbocycles. The molecule has 1 aliphatic rings. The number of hydrogen-bond acceptors (Lipinski definition) is 4. The van der Waals surface area contributed by atoms with Crippen LogP contribution in [0.2, 0.25) is 19.6 Å². The molecular formula is C22H26O4SeSi. The van der Waals surface area contributed by atoms with Gasteiger partial charge in [0.2, 0.25) is 0 Å². The van der Waals surface area contributed by atoms with Gasteiger partial charge in [-0.2, -0.15) is 0 Å². The molecule has 0 heterocycles. The number of fused-ring (bicyclic) bond motifs is 1. The zero-order valence-corrected chi connectivity index (χ0v) is 19.4. The van der Waals surface area contributed by atoms with Crippen molar-refractivity contribution in [2.75, 3.05) is 7.11 Å². The van der Waals surface area contributed by atoms with E-state index in [2.05, 4.69) is 31.8 Å². The van der Waals surface area contributed by atoms with Crippen molar-refractivity contribution in [3.63, 3.8) is 0 Å². The number of rotatable bonds is 7. The van der Waals surface area contributed by atoms with Gasteiger partial charge in [0, 0.05) is 0 Å². The fraction of sp³-hybridized carbons (Fsp3) is 0.364. The standard InChI is InChI=1S/C22H26O4SeSi/c1-25-21(24)22(14-16-10-8-9-13-18(16)20(22)23)15-19(26-28(2,3)4)27-17-11-6-5-7-12-17/h5-13,19H,14-15H2,1-4H3. The van der Waals surface area contributed by atoms with Gasteiger partial charge in [-0.05, 0) is 0 Å². The second kappa shape index (κ2) is 8.33. The molecule has 4 nitrogen and oxygen atoms in total. The second-order valence-corrected chi connectivity index (χ2v) is 15.1. The Hall–Kier alpha value is -1.72. The average Bonchev–Trinajstić information content (AvgIpc) is 2.93. The number of hydrogen-bond donors (Lipinski definition) is 0. The van der Waals surface area contributed by atoms with Crippen LogP contribution in [0.1, 0.15) is 22.3 Å². The first-order chi connectivity index (χ1) is 13.2. The Morgan fingerprint density at radius 2 is 1.75 bits per heavy atom. The van der Waals surface area contributed by atoms with Crippen molar-refractivity contribution in [3.05, 3.63) is 65.7 Å². The number of ketones is 1. The molecule has 2 unspecified atom stereocenters. The fourth-order valence-corrected chi connectivity index (χ4v) is 8.71. The molecule has 0 aromatic heterocycles. The molecule has 0 bridgehead atoms. The minimum atomic E-state index is -1.87. The number of ether oxygens (including phenoxy) is 1. The SMILES string of the molecule is COC(=O)C1(CC(O[Si](C)(C)C)[Se]c2ccccc2)Cc2ccccc2C1=O. The summed E-state index contributed by atoms with van der Waals surface area (Å²) in [5.74, 6) is -0.593. The van der Waals surface area contributed by atoms with Gasteiger partial charge in [-0.25, -0.2) is 0 Å². The molecule has 3 rings (SSSR count). The van der Waals surface area contributed by atoms with Crippen LogP contribution in [0.5, 0.6) is 0 Å². The van der Waals surface area contributed by atoms with E-state index in [9.17, 15) is 9.59 Å². The molecule has 0 N–H and O–H groups in total. The summed E-state index contributed by atoms with van der Waals surface area (Å²) in [7, 11) is -0.515. The second-order valence-electron chi connectivity index (χ2n) is 8.03. The van der Waals surface area contributed by atoms with Gasteiger partial charge in [0.25, 0.3) is 0 Å². The Morgan fingerprint density at radius 3 is 2.36 bits per heavy atom. The zero-order valence-electron chi connectivity index (χ0n) is 16.7. The topological polar surface area (TPSA) is 52.6 Å². The van der Waals surface area contributed by atoms with Crippen LogP contribution in [0.25, 0.3) is 0 Å². The Labute approximate surface area is 173 Å². The summed E-state index contributed by atoms with van der Waals surface area (Å²) in [6, 6.07) is 17.6. The van der Waals surface area contributed by atoms with E-state index in [1.165, 1.54) is 11.6 Å². The average molecular weight is 461 g/mol. The van der Waals surface area contributed by atoms with Gasteiger partial charge in [-0.15, -0.1) is 0 Å². The Balaban J connectivity index is 1.95. The third-order valence-corrected chi connectivity index (χ3v) is 8.39. The normalized spacial score (nSPS) is 19.9. The molecular weight excluding hydrogens is 435 g/mol. The van der Waals surface area contributed by atoms with Crippen molar-refractivity contribution in [3.8, 4) is 0 Å². The number of carbonyl (C=O) groups excluding carboxylic acids is 2. The molecule has 0 saturated heterocycles. The van der Waals surface area contributed by atoms with Gasteiger partial charge in [0.1, 0.15) is 0 Å². The summed E-state index contributed by atoms with van der Waals surface area (Å²) in [5, 5.41) is -0.168. The van der Waals surface area contributed by atoms with E-state index >= 15 is 0 Å². The van der Waals surface area contributed by atoms with Gasteiger partial charge >= 0.3 is 174 Å². The number of benzene rings is 2. The van der Waals surface area contributed by atoms with E-state index in [-0.39, 0.29) is 25.7 Å².